The summed E-state index contributed by atoms with van der Waals surface area (Å²) in [5.74, 6) is 0.639. The van der Waals surface area contributed by atoms with Crippen molar-refractivity contribution in [2.24, 2.45) is 0 Å². The first-order valence-corrected chi connectivity index (χ1v) is 8.15. The van der Waals surface area contributed by atoms with E-state index in [-0.39, 0.29) is 4.90 Å². The number of hydrogen-bond acceptors (Lipinski definition) is 5. The molecule has 0 aliphatic rings. The minimum Gasteiger partial charge on any atom is -0.369 e. The third kappa shape index (κ3) is 3.91. The number of rotatable bonds is 6. The van der Waals surface area contributed by atoms with Crippen molar-refractivity contribution in [1.82, 2.24) is 9.97 Å². The maximum absolute atomic E-state index is 12.5. The van der Waals surface area contributed by atoms with Gasteiger partial charge in [-0.1, -0.05) is 6.92 Å². The number of hydrogen-bond donors (Lipinski definition) is 2. The molecule has 2 aromatic heterocycles. The van der Waals surface area contributed by atoms with E-state index in [1.54, 1.807) is 30.6 Å². The molecule has 2 aromatic rings. The summed E-state index contributed by atoms with van der Waals surface area (Å²) < 4.78 is 27.4. The minimum absolute atomic E-state index is 0.113. The van der Waals surface area contributed by atoms with Crippen LogP contribution in [0.5, 0.6) is 0 Å². The van der Waals surface area contributed by atoms with Crippen LogP contribution in [0.1, 0.15) is 18.9 Å². The van der Waals surface area contributed by atoms with Crippen LogP contribution in [0.15, 0.2) is 41.6 Å². The minimum atomic E-state index is -3.73. The molecule has 0 atom stereocenters. The van der Waals surface area contributed by atoms with Gasteiger partial charge in [-0.2, -0.15) is 0 Å². The number of sulfonamides is 1. The summed E-state index contributed by atoms with van der Waals surface area (Å²) in [6.07, 6.45) is 4.00. The van der Waals surface area contributed by atoms with Crippen LogP contribution < -0.4 is 10.0 Å². The van der Waals surface area contributed by atoms with E-state index in [9.17, 15) is 8.42 Å². The lowest BCUT2D eigenvalue weighted by Gasteiger charge is -2.12. The molecule has 6 nitrogen and oxygen atoms in total. The highest BCUT2D eigenvalue weighted by Gasteiger charge is 2.19. The highest BCUT2D eigenvalue weighted by molar-refractivity contribution is 7.92. The molecule has 0 saturated heterocycles. The van der Waals surface area contributed by atoms with Gasteiger partial charge in [0.25, 0.3) is 10.0 Å². The monoisotopic (exact) mass is 306 g/mol. The number of anilines is 2. The summed E-state index contributed by atoms with van der Waals surface area (Å²) in [7, 11) is -3.73. The van der Waals surface area contributed by atoms with Crippen molar-refractivity contribution >= 4 is 21.7 Å². The predicted molar refractivity (Wildman–Crippen MR) is 82.8 cm³/mol. The maximum Gasteiger partial charge on any atom is 0.266 e. The average molecular weight is 306 g/mol. The molecule has 2 rings (SSSR count). The molecule has 0 aliphatic heterocycles. The molecule has 0 amide bonds. The second-order valence-electron chi connectivity index (χ2n) is 4.60. The highest BCUT2D eigenvalue weighted by atomic mass is 32.2. The van der Waals surface area contributed by atoms with Gasteiger partial charge in [0.05, 0.1) is 0 Å². The highest BCUT2D eigenvalue weighted by Crippen LogP contribution is 2.21. The Morgan fingerprint density at radius 1 is 1.19 bits per heavy atom. The number of pyridine rings is 2. The van der Waals surface area contributed by atoms with Crippen LogP contribution in [0.4, 0.5) is 11.6 Å². The zero-order chi connectivity index (χ0) is 15.3. The van der Waals surface area contributed by atoms with Crippen LogP contribution in [0.2, 0.25) is 0 Å². The Morgan fingerprint density at radius 3 is 2.71 bits per heavy atom. The Morgan fingerprint density at radius 2 is 2.00 bits per heavy atom. The van der Waals surface area contributed by atoms with Crippen LogP contribution in [-0.2, 0) is 10.0 Å². The molecule has 0 radical (unpaired) electrons. The van der Waals surface area contributed by atoms with Gasteiger partial charge in [0, 0.05) is 18.9 Å². The van der Waals surface area contributed by atoms with Crippen LogP contribution in [-0.4, -0.2) is 24.9 Å². The first kappa shape index (κ1) is 15.2. The fourth-order valence-corrected chi connectivity index (χ4v) is 2.90. The largest absolute Gasteiger partial charge is 0.369 e. The van der Waals surface area contributed by atoms with E-state index in [4.69, 9.17) is 0 Å². The predicted octanol–water partition coefficient (Wildman–Crippen LogP) is 2.41. The Bertz CT molecular complexity index is 716. The van der Waals surface area contributed by atoms with Crippen molar-refractivity contribution < 1.29 is 8.42 Å². The van der Waals surface area contributed by atoms with Gasteiger partial charge in [-0.05, 0) is 43.2 Å². The van der Waals surface area contributed by atoms with Gasteiger partial charge >= 0.3 is 0 Å². The Kier molecular flexibility index (Phi) is 4.74. The van der Waals surface area contributed by atoms with Gasteiger partial charge < -0.3 is 5.32 Å². The number of nitrogens with zero attached hydrogens (tertiary/aromatic N) is 2. The molecule has 2 heterocycles. The number of nitrogens with one attached hydrogen (secondary N) is 2. The number of aryl methyl sites for hydroxylation is 1. The Labute approximate surface area is 124 Å². The Hall–Kier alpha value is -2.15. The molecule has 0 aliphatic carbocycles. The van der Waals surface area contributed by atoms with Gasteiger partial charge in [0.1, 0.15) is 16.5 Å². The normalized spacial score (nSPS) is 11.1. The lowest BCUT2D eigenvalue weighted by Crippen LogP contribution is -2.17. The molecule has 0 fully saturated rings. The molecule has 21 heavy (non-hydrogen) atoms. The molecular formula is C14H18N4O2S. The molecule has 2 N–H and O–H groups in total. The lowest BCUT2D eigenvalue weighted by molar-refractivity contribution is 0.601. The quantitative estimate of drug-likeness (QED) is 0.856. The fraction of sp³-hybridized carbons (Fsp3) is 0.286. The third-order valence-electron chi connectivity index (χ3n) is 2.76. The van der Waals surface area contributed by atoms with E-state index < -0.39 is 10.0 Å². The zero-order valence-corrected chi connectivity index (χ0v) is 12.8. The molecule has 0 saturated carbocycles. The van der Waals surface area contributed by atoms with Crippen LogP contribution in [0.3, 0.4) is 0 Å². The van der Waals surface area contributed by atoms with E-state index in [0.717, 1.165) is 12.0 Å². The Balaban J connectivity index is 2.31. The summed E-state index contributed by atoms with van der Waals surface area (Å²) in [4.78, 5) is 8.21. The summed E-state index contributed by atoms with van der Waals surface area (Å²) in [6, 6.07) is 6.58. The van der Waals surface area contributed by atoms with Gasteiger partial charge in [0.2, 0.25) is 0 Å². The van der Waals surface area contributed by atoms with E-state index in [0.29, 0.717) is 18.2 Å². The fourth-order valence-electron chi connectivity index (χ4n) is 1.77. The first-order valence-electron chi connectivity index (χ1n) is 6.67. The molecule has 0 spiro atoms. The SMILES string of the molecule is CCCNc1ncccc1S(=O)(=O)Nc1cc(C)ccn1. The number of aromatic nitrogens is 2. The van der Waals surface area contributed by atoms with Gasteiger partial charge in [-0.25, -0.2) is 18.4 Å². The topological polar surface area (TPSA) is 84.0 Å². The van der Waals surface area contributed by atoms with Crippen LogP contribution in [0.25, 0.3) is 0 Å². The molecule has 0 bridgehead atoms. The summed E-state index contributed by atoms with van der Waals surface area (Å²) >= 11 is 0. The second-order valence-corrected chi connectivity index (χ2v) is 6.25. The zero-order valence-electron chi connectivity index (χ0n) is 12.0. The van der Waals surface area contributed by atoms with Crippen molar-refractivity contribution in [3.8, 4) is 0 Å². The summed E-state index contributed by atoms with van der Waals surface area (Å²) in [5.41, 5.74) is 0.929. The molecule has 112 valence electrons. The van der Waals surface area contributed by atoms with Crippen molar-refractivity contribution in [3.05, 3.63) is 42.2 Å². The molecule has 7 heteroatoms. The summed E-state index contributed by atoms with van der Waals surface area (Å²) in [5, 5.41) is 3.02. The van der Waals surface area contributed by atoms with Gasteiger partial charge in [-0.3, -0.25) is 4.72 Å². The van der Waals surface area contributed by atoms with E-state index >= 15 is 0 Å². The van der Waals surface area contributed by atoms with Gasteiger partial charge in [-0.15, -0.1) is 0 Å². The first-order chi connectivity index (χ1) is 10.0. The molecule has 0 aromatic carbocycles. The van der Waals surface area contributed by atoms with Crippen LogP contribution >= 0.6 is 0 Å². The van der Waals surface area contributed by atoms with E-state index in [2.05, 4.69) is 20.0 Å². The standard InChI is InChI=1S/C14H18N4O2S/c1-3-7-16-14-12(5-4-8-17-14)21(19,20)18-13-10-11(2)6-9-15-13/h4-6,8-10H,3,7H2,1-2H3,(H,15,18)(H,16,17). The average Bonchev–Trinajstić information content (AvgIpc) is 2.45. The lowest BCUT2D eigenvalue weighted by atomic mass is 10.3. The maximum atomic E-state index is 12.5. The van der Waals surface area contributed by atoms with E-state index in [1.165, 1.54) is 6.07 Å². The molecule has 0 unspecified atom stereocenters. The molecular weight excluding hydrogens is 288 g/mol. The second kappa shape index (κ2) is 6.53. The third-order valence-corrected chi connectivity index (χ3v) is 4.14. The van der Waals surface area contributed by atoms with E-state index in [1.807, 2.05) is 13.8 Å². The van der Waals surface area contributed by atoms with Crippen molar-refractivity contribution in [3.63, 3.8) is 0 Å². The van der Waals surface area contributed by atoms with Crippen molar-refractivity contribution in [1.29, 1.82) is 0 Å². The van der Waals surface area contributed by atoms with Crippen LogP contribution in [0, 0.1) is 6.92 Å². The van der Waals surface area contributed by atoms with Gasteiger partial charge in [0.15, 0.2) is 0 Å². The smallest absolute Gasteiger partial charge is 0.266 e. The van der Waals surface area contributed by atoms with Crippen molar-refractivity contribution in [2.75, 3.05) is 16.6 Å². The summed E-state index contributed by atoms with van der Waals surface area (Å²) in [6.45, 7) is 4.53. The van der Waals surface area contributed by atoms with Crippen molar-refractivity contribution in [2.45, 2.75) is 25.2 Å².